The van der Waals surface area contributed by atoms with Crippen LogP contribution in [0.3, 0.4) is 0 Å². The van der Waals surface area contributed by atoms with Crippen LogP contribution in [0.25, 0.3) is 0 Å². The second-order valence-corrected chi connectivity index (χ2v) is 4.74. The average molecular weight is 294 g/mol. The summed E-state index contributed by atoms with van der Waals surface area (Å²) < 4.78 is 5.05. The van der Waals surface area contributed by atoms with E-state index in [4.69, 9.17) is 4.74 Å². The van der Waals surface area contributed by atoms with E-state index in [1.54, 1.807) is 7.11 Å². The van der Waals surface area contributed by atoms with Gasteiger partial charge in [-0.15, -0.1) is 0 Å². The molecule has 0 bridgehead atoms. The largest absolute Gasteiger partial charge is 0.383 e. The van der Waals surface area contributed by atoms with Crippen LogP contribution in [-0.2, 0) is 9.53 Å². The Bertz CT molecular complexity index is 182. The Morgan fingerprint density at radius 3 is 2.25 bits per heavy atom. The highest BCUT2D eigenvalue weighted by Gasteiger charge is 2.19. The van der Waals surface area contributed by atoms with Gasteiger partial charge in [-0.25, -0.2) is 0 Å². The number of alkyl halides is 1. The summed E-state index contributed by atoms with van der Waals surface area (Å²) in [5.74, 6) is 0.332. The van der Waals surface area contributed by atoms with Crippen LogP contribution in [0.15, 0.2) is 0 Å². The highest BCUT2D eigenvalue weighted by Crippen LogP contribution is 2.14. The van der Waals surface area contributed by atoms with Gasteiger partial charge >= 0.3 is 0 Å². The summed E-state index contributed by atoms with van der Waals surface area (Å²) in [7, 11) is 1.65. The standard InChI is InChI=1S/C12H24BrNO2/c1-4-6-10(7-5-2)12(15)14-11(8-13)9-16-3/h10-11H,4-9H2,1-3H3,(H,14,15). The molecule has 4 heteroatoms. The van der Waals surface area contributed by atoms with Crippen molar-refractivity contribution in [1.82, 2.24) is 5.32 Å². The zero-order chi connectivity index (χ0) is 12.4. The van der Waals surface area contributed by atoms with E-state index in [9.17, 15) is 4.79 Å². The molecule has 1 amide bonds. The fourth-order valence-electron chi connectivity index (χ4n) is 1.75. The Morgan fingerprint density at radius 2 is 1.88 bits per heavy atom. The normalized spacial score (nSPS) is 12.8. The SMILES string of the molecule is CCCC(CCC)C(=O)NC(CBr)COC. The number of halogens is 1. The molecule has 1 atom stereocenters. The summed E-state index contributed by atoms with van der Waals surface area (Å²) in [4.78, 5) is 12.0. The lowest BCUT2D eigenvalue weighted by Crippen LogP contribution is -2.42. The molecular formula is C12H24BrNO2. The van der Waals surface area contributed by atoms with Crippen LogP contribution in [0, 0.1) is 5.92 Å². The minimum Gasteiger partial charge on any atom is -0.383 e. The fraction of sp³-hybridized carbons (Fsp3) is 0.917. The van der Waals surface area contributed by atoms with E-state index >= 15 is 0 Å². The van der Waals surface area contributed by atoms with Gasteiger partial charge in [0.2, 0.25) is 5.91 Å². The van der Waals surface area contributed by atoms with Gasteiger partial charge in [0.25, 0.3) is 0 Å². The molecule has 0 fully saturated rings. The van der Waals surface area contributed by atoms with E-state index in [0.29, 0.717) is 6.61 Å². The van der Waals surface area contributed by atoms with E-state index in [0.717, 1.165) is 31.0 Å². The van der Waals surface area contributed by atoms with E-state index in [1.165, 1.54) is 0 Å². The molecule has 0 saturated heterocycles. The monoisotopic (exact) mass is 293 g/mol. The lowest BCUT2D eigenvalue weighted by atomic mass is 9.97. The van der Waals surface area contributed by atoms with Crippen LogP contribution in [0.4, 0.5) is 0 Å². The first-order valence-electron chi connectivity index (χ1n) is 6.04. The van der Waals surface area contributed by atoms with Gasteiger partial charge in [0.15, 0.2) is 0 Å². The van der Waals surface area contributed by atoms with Crippen LogP contribution in [0.2, 0.25) is 0 Å². The number of nitrogens with one attached hydrogen (secondary N) is 1. The quantitative estimate of drug-likeness (QED) is 0.664. The Kier molecular flexibility index (Phi) is 10.0. The third kappa shape index (κ3) is 6.48. The van der Waals surface area contributed by atoms with Gasteiger partial charge in [-0.1, -0.05) is 42.6 Å². The highest BCUT2D eigenvalue weighted by atomic mass is 79.9. The Hall–Kier alpha value is -0.0900. The van der Waals surface area contributed by atoms with Crippen molar-refractivity contribution >= 4 is 21.8 Å². The van der Waals surface area contributed by atoms with Crippen molar-refractivity contribution in [2.45, 2.75) is 45.6 Å². The van der Waals surface area contributed by atoms with Gasteiger partial charge in [-0.05, 0) is 12.8 Å². The number of hydrogen-bond donors (Lipinski definition) is 1. The van der Waals surface area contributed by atoms with Crippen LogP contribution >= 0.6 is 15.9 Å². The van der Waals surface area contributed by atoms with Crippen molar-refractivity contribution < 1.29 is 9.53 Å². The van der Waals surface area contributed by atoms with Crippen LogP contribution in [0.5, 0.6) is 0 Å². The number of methoxy groups -OCH3 is 1. The minimum absolute atomic E-state index is 0.0775. The summed E-state index contributed by atoms with van der Waals surface area (Å²) in [5, 5.41) is 3.76. The number of carbonyl (C=O) groups is 1. The van der Waals surface area contributed by atoms with Crippen LogP contribution in [0.1, 0.15) is 39.5 Å². The lowest BCUT2D eigenvalue weighted by Gasteiger charge is -2.20. The number of carbonyl (C=O) groups excluding carboxylic acids is 1. The number of amides is 1. The summed E-state index contributed by atoms with van der Waals surface area (Å²) in [6.07, 6.45) is 4.06. The lowest BCUT2D eigenvalue weighted by molar-refractivity contribution is -0.126. The zero-order valence-corrected chi connectivity index (χ0v) is 12.2. The molecule has 0 radical (unpaired) electrons. The third-order valence-electron chi connectivity index (χ3n) is 2.55. The fourth-order valence-corrected chi connectivity index (χ4v) is 2.10. The Labute approximate surface area is 107 Å². The molecule has 0 heterocycles. The maximum atomic E-state index is 12.0. The molecule has 3 nitrogen and oxygen atoms in total. The molecule has 96 valence electrons. The predicted octanol–water partition coefficient (Wildman–Crippen LogP) is 2.73. The molecule has 0 aromatic rings. The topological polar surface area (TPSA) is 38.3 Å². The Morgan fingerprint density at radius 1 is 1.31 bits per heavy atom. The first kappa shape index (κ1) is 15.9. The van der Waals surface area contributed by atoms with Crippen molar-refractivity contribution in [3.8, 4) is 0 Å². The second kappa shape index (κ2) is 10.1. The maximum Gasteiger partial charge on any atom is 0.223 e. The van der Waals surface area contributed by atoms with Crippen LogP contribution < -0.4 is 5.32 Å². The van der Waals surface area contributed by atoms with Gasteiger partial charge in [0.1, 0.15) is 0 Å². The van der Waals surface area contributed by atoms with E-state index < -0.39 is 0 Å². The number of rotatable bonds is 9. The molecule has 0 spiro atoms. The minimum atomic E-state index is 0.0775. The second-order valence-electron chi connectivity index (χ2n) is 4.09. The molecule has 0 aromatic heterocycles. The van der Waals surface area contributed by atoms with E-state index in [2.05, 4.69) is 35.1 Å². The summed E-state index contributed by atoms with van der Waals surface area (Å²) in [6, 6.07) is 0.0775. The van der Waals surface area contributed by atoms with E-state index in [-0.39, 0.29) is 17.9 Å². The first-order chi connectivity index (χ1) is 7.69. The summed E-state index contributed by atoms with van der Waals surface area (Å²) in [6.45, 7) is 4.79. The molecule has 1 N–H and O–H groups in total. The van der Waals surface area contributed by atoms with Gasteiger partial charge in [0.05, 0.1) is 12.6 Å². The molecule has 0 aromatic carbocycles. The zero-order valence-electron chi connectivity index (χ0n) is 10.6. The van der Waals surface area contributed by atoms with Gasteiger partial charge in [-0.2, -0.15) is 0 Å². The number of hydrogen-bond acceptors (Lipinski definition) is 2. The summed E-state index contributed by atoms with van der Waals surface area (Å²) >= 11 is 3.38. The maximum absolute atomic E-state index is 12.0. The van der Waals surface area contributed by atoms with Crippen LogP contribution in [-0.4, -0.2) is 31.0 Å². The van der Waals surface area contributed by atoms with Crippen molar-refractivity contribution in [1.29, 1.82) is 0 Å². The molecular weight excluding hydrogens is 270 g/mol. The van der Waals surface area contributed by atoms with Gasteiger partial charge in [0, 0.05) is 18.4 Å². The molecule has 0 aliphatic carbocycles. The molecule has 0 aliphatic heterocycles. The first-order valence-corrected chi connectivity index (χ1v) is 7.16. The Balaban J connectivity index is 4.14. The average Bonchev–Trinajstić information content (AvgIpc) is 2.28. The predicted molar refractivity (Wildman–Crippen MR) is 70.9 cm³/mol. The van der Waals surface area contributed by atoms with Crippen molar-refractivity contribution in [2.24, 2.45) is 5.92 Å². The smallest absolute Gasteiger partial charge is 0.223 e. The highest BCUT2D eigenvalue weighted by molar-refractivity contribution is 9.09. The molecule has 1 unspecified atom stereocenters. The van der Waals surface area contributed by atoms with Crippen molar-refractivity contribution in [3.63, 3.8) is 0 Å². The number of ether oxygens (including phenoxy) is 1. The van der Waals surface area contributed by atoms with Crippen molar-refractivity contribution in [2.75, 3.05) is 19.0 Å². The molecule has 0 saturated carbocycles. The summed E-state index contributed by atoms with van der Waals surface area (Å²) in [5.41, 5.74) is 0. The van der Waals surface area contributed by atoms with Crippen molar-refractivity contribution in [3.05, 3.63) is 0 Å². The third-order valence-corrected chi connectivity index (χ3v) is 3.33. The van der Waals surface area contributed by atoms with Gasteiger partial charge in [-0.3, -0.25) is 4.79 Å². The van der Waals surface area contributed by atoms with E-state index in [1.807, 2.05) is 0 Å². The molecule has 16 heavy (non-hydrogen) atoms. The molecule has 0 rings (SSSR count). The van der Waals surface area contributed by atoms with Gasteiger partial charge < -0.3 is 10.1 Å². The molecule has 0 aliphatic rings.